The number of carbonyl (C=O) groups excluding carboxylic acids is 2. The number of Topliss-reactive ketones (excluding diaryl/α,β-unsaturated/α-hetero) is 2. The van der Waals surface area contributed by atoms with Gasteiger partial charge in [-0.25, -0.2) is 0 Å². The molecule has 1 aliphatic carbocycles. The zero-order valence-electron chi connectivity index (χ0n) is 15.3. The van der Waals surface area contributed by atoms with Gasteiger partial charge >= 0.3 is 0 Å². The molecule has 27 heavy (non-hydrogen) atoms. The summed E-state index contributed by atoms with van der Waals surface area (Å²) in [4.78, 5) is 25.3. The Labute approximate surface area is 168 Å². The van der Waals surface area contributed by atoms with E-state index in [-0.39, 0.29) is 15.8 Å². The first-order chi connectivity index (χ1) is 12.8. The fourth-order valence-corrected chi connectivity index (χ4v) is 3.59. The normalized spacial score (nSPS) is 14.0. The molecule has 0 saturated carbocycles. The Bertz CT molecular complexity index is 994. The summed E-state index contributed by atoms with van der Waals surface area (Å²) in [5.74, 6) is -0.583. The third-order valence-electron chi connectivity index (χ3n) is 4.34. The Morgan fingerprint density at radius 1 is 0.741 bits per heavy atom. The molecule has 0 amide bonds. The molecule has 0 atom stereocenters. The molecule has 2 aromatic carbocycles. The average molecular weight is 397 g/mol. The smallest absolute Gasteiger partial charge is 0.215 e. The van der Waals surface area contributed by atoms with Crippen LogP contribution >= 0.6 is 23.2 Å². The number of aryl methyl sites for hydroxylation is 3. The molecule has 3 rings (SSSR count). The second-order valence-corrected chi connectivity index (χ2v) is 7.53. The molecule has 2 nitrogen and oxygen atoms in total. The van der Waals surface area contributed by atoms with Crippen LogP contribution in [-0.4, -0.2) is 11.6 Å². The topological polar surface area (TPSA) is 34.1 Å². The molecule has 0 radical (unpaired) electrons. The van der Waals surface area contributed by atoms with E-state index in [1.165, 1.54) is 12.2 Å². The lowest BCUT2D eigenvalue weighted by atomic mass is 9.89. The van der Waals surface area contributed by atoms with E-state index in [4.69, 9.17) is 23.2 Å². The minimum Gasteiger partial charge on any atom is -0.289 e. The first kappa shape index (κ1) is 19.3. The maximum absolute atomic E-state index is 13.4. The van der Waals surface area contributed by atoms with Crippen LogP contribution in [0.1, 0.15) is 32.6 Å². The SMILES string of the molecule is Cc1ccc(C(C(=O)c2cc(C)cc(C)c2)=C2C=C(Cl)C(=O)C(Cl)=C2)cc1. The van der Waals surface area contributed by atoms with Crippen molar-refractivity contribution < 1.29 is 9.59 Å². The maximum atomic E-state index is 13.4. The van der Waals surface area contributed by atoms with Gasteiger partial charge in [-0.15, -0.1) is 0 Å². The van der Waals surface area contributed by atoms with Crippen LogP contribution in [-0.2, 0) is 4.79 Å². The third-order valence-corrected chi connectivity index (χ3v) is 4.90. The molecule has 2 aromatic rings. The molecule has 0 saturated heterocycles. The summed E-state index contributed by atoms with van der Waals surface area (Å²) in [6, 6.07) is 13.4. The van der Waals surface area contributed by atoms with Crippen molar-refractivity contribution in [1.82, 2.24) is 0 Å². The lowest BCUT2D eigenvalue weighted by Crippen LogP contribution is -2.10. The lowest BCUT2D eigenvalue weighted by Gasteiger charge is -2.15. The molecule has 4 heteroatoms. The predicted molar refractivity (Wildman–Crippen MR) is 111 cm³/mol. The Balaban J connectivity index is 2.25. The maximum Gasteiger partial charge on any atom is 0.215 e. The van der Waals surface area contributed by atoms with Gasteiger partial charge in [0, 0.05) is 11.1 Å². The first-order valence-electron chi connectivity index (χ1n) is 8.49. The highest BCUT2D eigenvalue weighted by Gasteiger charge is 2.23. The van der Waals surface area contributed by atoms with Gasteiger partial charge in [0.1, 0.15) is 0 Å². The Morgan fingerprint density at radius 3 is 1.78 bits per heavy atom. The van der Waals surface area contributed by atoms with Gasteiger partial charge in [0.15, 0.2) is 5.78 Å². The van der Waals surface area contributed by atoms with E-state index in [1.54, 1.807) is 0 Å². The zero-order valence-corrected chi connectivity index (χ0v) is 16.8. The van der Waals surface area contributed by atoms with Crippen LogP contribution in [0.3, 0.4) is 0 Å². The highest BCUT2D eigenvalue weighted by Crippen LogP contribution is 2.32. The predicted octanol–water partition coefficient (Wildman–Crippen LogP) is 6.08. The van der Waals surface area contributed by atoms with Crippen LogP contribution < -0.4 is 0 Å². The Hall–Kier alpha value is -2.42. The third kappa shape index (κ3) is 4.13. The number of rotatable bonds is 3. The highest BCUT2D eigenvalue weighted by atomic mass is 35.5. The van der Waals surface area contributed by atoms with Gasteiger partial charge in [-0.2, -0.15) is 0 Å². The molecular formula is C23H18Cl2O2. The first-order valence-corrected chi connectivity index (χ1v) is 9.25. The quantitative estimate of drug-likeness (QED) is 0.465. The van der Waals surface area contributed by atoms with Crippen LogP contribution in [0, 0.1) is 20.8 Å². The Morgan fingerprint density at radius 2 is 1.26 bits per heavy atom. The largest absolute Gasteiger partial charge is 0.289 e. The van der Waals surface area contributed by atoms with Crippen molar-refractivity contribution in [1.29, 1.82) is 0 Å². The molecule has 0 bridgehead atoms. The van der Waals surface area contributed by atoms with Crippen LogP contribution in [0.15, 0.2) is 70.3 Å². The fraction of sp³-hybridized carbons (Fsp3) is 0.130. The van der Waals surface area contributed by atoms with Crippen molar-refractivity contribution in [2.75, 3.05) is 0 Å². The number of carbonyl (C=O) groups is 2. The van der Waals surface area contributed by atoms with Crippen molar-refractivity contribution in [3.63, 3.8) is 0 Å². The summed E-state index contributed by atoms with van der Waals surface area (Å²) in [5, 5.41) is -0.00864. The summed E-state index contributed by atoms with van der Waals surface area (Å²) >= 11 is 12.1. The summed E-state index contributed by atoms with van der Waals surface area (Å²) in [6.07, 6.45) is 3.01. The van der Waals surface area contributed by atoms with E-state index in [0.717, 1.165) is 22.3 Å². The molecule has 0 N–H and O–H groups in total. The summed E-state index contributed by atoms with van der Waals surface area (Å²) in [5.41, 5.74) is 5.42. The molecule has 0 spiro atoms. The second-order valence-electron chi connectivity index (χ2n) is 6.72. The van der Waals surface area contributed by atoms with Gasteiger partial charge in [0.05, 0.1) is 10.1 Å². The monoisotopic (exact) mass is 396 g/mol. The van der Waals surface area contributed by atoms with Crippen LogP contribution in [0.4, 0.5) is 0 Å². The van der Waals surface area contributed by atoms with Gasteiger partial charge < -0.3 is 0 Å². The average Bonchev–Trinajstić information content (AvgIpc) is 2.60. The molecule has 1 aliphatic rings. The molecular weight excluding hydrogens is 379 g/mol. The highest BCUT2D eigenvalue weighted by molar-refractivity contribution is 6.55. The number of hydrogen-bond donors (Lipinski definition) is 0. The number of allylic oxidation sites excluding steroid dienone is 6. The number of benzene rings is 2. The molecule has 0 heterocycles. The molecule has 0 unspecified atom stereocenters. The van der Waals surface area contributed by atoms with Gasteiger partial charge in [0.25, 0.3) is 0 Å². The molecule has 136 valence electrons. The van der Waals surface area contributed by atoms with E-state index >= 15 is 0 Å². The fourth-order valence-electron chi connectivity index (χ4n) is 3.10. The number of halogens is 2. The van der Waals surface area contributed by atoms with Crippen molar-refractivity contribution >= 4 is 40.3 Å². The summed E-state index contributed by atoms with van der Waals surface area (Å²) in [6.45, 7) is 5.89. The van der Waals surface area contributed by atoms with Gasteiger partial charge in [0.2, 0.25) is 5.78 Å². The Kier molecular flexibility index (Phi) is 5.50. The number of hydrogen-bond acceptors (Lipinski definition) is 2. The zero-order chi connectivity index (χ0) is 19.7. The van der Waals surface area contributed by atoms with Crippen molar-refractivity contribution in [3.8, 4) is 0 Å². The summed E-state index contributed by atoms with van der Waals surface area (Å²) < 4.78 is 0. The second kappa shape index (κ2) is 7.67. The van der Waals surface area contributed by atoms with Crippen molar-refractivity contribution in [2.24, 2.45) is 0 Å². The van der Waals surface area contributed by atoms with Gasteiger partial charge in [-0.3, -0.25) is 9.59 Å². The van der Waals surface area contributed by atoms with Crippen molar-refractivity contribution in [2.45, 2.75) is 20.8 Å². The van der Waals surface area contributed by atoms with E-state index in [1.807, 2.05) is 63.2 Å². The molecule has 0 fully saturated rings. The number of ketones is 2. The lowest BCUT2D eigenvalue weighted by molar-refractivity contribution is -0.111. The molecule has 0 aromatic heterocycles. The van der Waals surface area contributed by atoms with Gasteiger partial charge in [-0.05, 0) is 56.2 Å². The minimum atomic E-state index is -0.441. The summed E-state index contributed by atoms with van der Waals surface area (Å²) in [7, 11) is 0. The van der Waals surface area contributed by atoms with Crippen molar-refractivity contribution in [3.05, 3.63) is 98.1 Å². The van der Waals surface area contributed by atoms with E-state index in [2.05, 4.69) is 0 Å². The van der Waals surface area contributed by atoms with Crippen LogP contribution in [0.25, 0.3) is 5.57 Å². The minimum absolute atomic E-state index is 0.00432. The van der Waals surface area contributed by atoms with Gasteiger partial charge in [-0.1, -0.05) is 70.2 Å². The van der Waals surface area contributed by atoms with Crippen LogP contribution in [0.5, 0.6) is 0 Å². The van der Waals surface area contributed by atoms with E-state index in [0.29, 0.717) is 16.7 Å². The van der Waals surface area contributed by atoms with Crippen LogP contribution in [0.2, 0.25) is 0 Å². The van der Waals surface area contributed by atoms with E-state index < -0.39 is 5.78 Å². The molecule has 0 aliphatic heterocycles. The standard InChI is InChI=1S/C23H18Cl2O2/c1-13-4-6-16(7-5-13)21(17-11-19(24)23(27)20(25)12-17)22(26)18-9-14(2)8-15(3)10-18/h4-12H,1-3H3. The van der Waals surface area contributed by atoms with E-state index in [9.17, 15) is 9.59 Å².